The molecule has 0 aromatic carbocycles. The molecule has 4 N–H and O–H groups in total. The molecule has 1 amide bonds. The van der Waals surface area contributed by atoms with Crippen molar-refractivity contribution < 1.29 is 13.2 Å². The van der Waals surface area contributed by atoms with Crippen molar-refractivity contribution in [2.45, 2.75) is 32.2 Å². The van der Waals surface area contributed by atoms with Crippen LogP contribution in [0.2, 0.25) is 0 Å². The Bertz CT molecular complexity index is 356. The van der Waals surface area contributed by atoms with Gasteiger partial charge in [0.25, 0.3) is 0 Å². The lowest BCUT2D eigenvalue weighted by Crippen LogP contribution is -2.44. The highest BCUT2D eigenvalue weighted by Gasteiger charge is 2.22. The lowest BCUT2D eigenvalue weighted by atomic mass is 9.90. The molecular weight excluding hydrogens is 242 g/mol. The van der Waals surface area contributed by atoms with Gasteiger partial charge in [0.1, 0.15) is 0 Å². The van der Waals surface area contributed by atoms with Crippen molar-refractivity contribution >= 4 is 15.9 Å². The molecule has 0 aromatic rings. The average Bonchev–Trinajstić information content (AvgIpc) is 2.19. The summed E-state index contributed by atoms with van der Waals surface area (Å²) in [5, 5.41) is 10.7. The van der Waals surface area contributed by atoms with Gasteiger partial charge in [0.15, 0.2) is 0 Å². The summed E-state index contributed by atoms with van der Waals surface area (Å²) < 4.78 is 21.3. The Balaban J connectivity index is 2.24. The molecular formula is C10H21N3O3S. The van der Waals surface area contributed by atoms with Gasteiger partial charge in [-0.15, -0.1) is 0 Å². The Morgan fingerprint density at radius 3 is 2.82 bits per heavy atom. The van der Waals surface area contributed by atoms with Crippen LogP contribution < -0.4 is 15.8 Å². The van der Waals surface area contributed by atoms with Gasteiger partial charge in [-0.3, -0.25) is 4.79 Å². The minimum atomic E-state index is -3.49. The van der Waals surface area contributed by atoms with Gasteiger partial charge in [-0.2, -0.15) is 0 Å². The van der Waals surface area contributed by atoms with E-state index >= 15 is 0 Å². The Morgan fingerprint density at radius 1 is 1.53 bits per heavy atom. The topological polar surface area (TPSA) is 101 Å². The zero-order valence-electron chi connectivity index (χ0n) is 10.1. The summed E-state index contributed by atoms with van der Waals surface area (Å²) in [6.07, 6.45) is 2.67. The maximum Gasteiger partial charge on any atom is 0.221 e. The summed E-state index contributed by atoms with van der Waals surface area (Å²) in [5.74, 6) is 0.138. The minimum absolute atomic E-state index is 0.0821. The van der Waals surface area contributed by atoms with E-state index in [1.807, 2.05) is 0 Å². The molecule has 6 nitrogen and oxygen atoms in total. The lowest BCUT2D eigenvalue weighted by molar-refractivity contribution is -0.121. The monoisotopic (exact) mass is 263 g/mol. The van der Waals surface area contributed by atoms with Gasteiger partial charge >= 0.3 is 0 Å². The van der Waals surface area contributed by atoms with E-state index in [0.717, 1.165) is 19.4 Å². The molecule has 0 bridgehead atoms. The summed E-state index contributed by atoms with van der Waals surface area (Å²) >= 11 is 0. The van der Waals surface area contributed by atoms with Crippen LogP contribution in [-0.4, -0.2) is 39.2 Å². The molecule has 1 aliphatic heterocycles. The third-order valence-electron chi connectivity index (χ3n) is 3.04. The summed E-state index contributed by atoms with van der Waals surface area (Å²) in [6.45, 7) is 3.15. The zero-order chi connectivity index (χ0) is 12.9. The third-order valence-corrected chi connectivity index (χ3v) is 3.82. The number of primary sulfonamides is 1. The van der Waals surface area contributed by atoms with E-state index in [0.29, 0.717) is 12.3 Å². The molecule has 1 heterocycles. The van der Waals surface area contributed by atoms with Crippen LogP contribution in [0, 0.1) is 5.92 Å². The maximum atomic E-state index is 11.6. The van der Waals surface area contributed by atoms with Crippen LogP contribution in [0.5, 0.6) is 0 Å². The van der Waals surface area contributed by atoms with E-state index in [1.165, 1.54) is 0 Å². The molecule has 1 aliphatic rings. The molecule has 0 aromatic heterocycles. The lowest BCUT2D eigenvalue weighted by Gasteiger charge is -2.29. The quantitative estimate of drug-likeness (QED) is 0.602. The van der Waals surface area contributed by atoms with E-state index < -0.39 is 10.0 Å². The molecule has 0 spiro atoms. The minimum Gasteiger partial charge on any atom is -0.355 e. The standard InChI is InChI=1S/C10H21N3O3S/c1-8-3-2-4-12-9(8)7-10(14)13-5-6-17(11,15)16/h8-9,12H,2-7H2,1H3,(H,13,14)(H2,11,15,16). The smallest absolute Gasteiger partial charge is 0.221 e. The van der Waals surface area contributed by atoms with Crippen molar-refractivity contribution in [3.8, 4) is 0 Å². The van der Waals surface area contributed by atoms with E-state index in [9.17, 15) is 13.2 Å². The Labute approximate surface area is 102 Å². The molecule has 17 heavy (non-hydrogen) atoms. The normalized spacial score (nSPS) is 25.5. The van der Waals surface area contributed by atoms with Crippen LogP contribution in [0.4, 0.5) is 0 Å². The maximum absolute atomic E-state index is 11.6. The number of amides is 1. The number of hydrogen-bond acceptors (Lipinski definition) is 4. The van der Waals surface area contributed by atoms with Gasteiger partial charge in [0.2, 0.25) is 15.9 Å². The van der Waals surface area contributed by atoms with Crippen molar-refractivity contribution in [3.63, 3.8) is 0 Å². The second-order valence-corrected chi connectivity index (χ2v) is 6.34. The Hall–Kier alpha value is -0.660. The van der Waals surface area contributed by atoms with E-state index in [4.69, 9.17) is 5.14 Å². The molecule has 2 atom stereocenters. The van der Waals surface area contributed by atoms with Crippen LogP contribution in [-0.2, 0) is 14.8 Å². The molecule has 2 unspecified atom stereocenters. The molecule has 0 radical (unpaired) electrons. The molecule has 1 fully saturated rings. The first-order chi connectivity index (χ1) is 7.88. The van der Waals surface area contributed by atoms with Gasteiger partial charge in [0, 0.05) is 19.0 Å². The van der Waals surface area contributed by atoms with Crippen LogP contribution in [0.1, 0.15) is 26.2 Å². The number of sulfonamides is 1. The fourth-order valence-electron chi connectivity index (χ4n) is 1.99. The van der Waals surface area contributed by atoms with Crippen molar-refractivity contribution in [3.05, 3.63) is 0 Å². The van der Waals surface area contributed by atoms with E-state index in [2.05, 4.69) is 17.6 Å². The number of piperidine rings is 1. The van der Waals surface area contributed by atoms with Crippen molar-refractivity contribution in [2.75, 3.05) is 18.8 Å². The fraction of sp³-hybridized carbons (Fsp3) is 0.900. The summed E-state index contributed by atoms with van der Waals surface area (Å²) in [6, 6.07) is 0.193. The number of rotatable bonds is 5. The predicted molar refractivity (Wildman–Crippen MR) is 65.8 cm³/mol. The summed E-state index contributed by atoms with van der Waals surface area (Å²) in [4.78, 5) is 11.6. The number of carbonyl (C=O) groups is 1. The molecule has 1 saturated heterocycles. The van der Waals surface area contributed by atoms with Gasteiger partial charge in [-0.25, -0.2) is 13.6 Å². The zero-order valence-corrected chi connectivity index (χ0v) is 10.9. The van der Waals surface area contributed by atoms with Crippen LogP contribution in [0.3, 0.4) is 0 Å². The van der Waals surface area contributed by atoms with Crippen molar-refractivity contribution in [1.29, 1.82) is 0 Å². The fourth-order valence-corrected chi connectivity index (χ4v) is 2.38. The molecule has 0 saturated carbocycles. The average molecular weight is 263 g/mol. The first-order valence-corrected chi connectivity index (χ1v) is 7.60. The number of hydrogen-bond donors (Lipinski definition) is 3. The molecule has 0 aliphatic carbocycles. The highest BCUT2D eigenvalue weighted by molar-refractivity contribution is 7.89. The third kappa shape index (κ3) is 5.99. The van der Waals surface area contributed by atoms with Crippen molar-refractivity contribution in [1.82, 2.24) is 10.6 Å². The van der Waals surface area contributed by atoms with Crippen LogP contribution in [0.25, 0.3) is 0 Å². The van der Waals surface area contributed by atoms with Gasteiger partial charge in [-0.1, -0.05) is 6.92 Å². The highest BCUT2D eigenvalue weighted by Crippen LogP contribution is 2.17. The first-order valence-electron chi connectivity index (χ1n) is 5.89. The van der Waals surface area contributed by atoms with Gasteiger partial charge in [0.05, 0.1) is 5.75 Å². The largest absolute Gasteiger partial charge is 0.355 e. The van der Waals surface area contributed by atoms with Crippen LogP contribution in [0.15, 0.2) is 0 Å². The van der Waals surface area contributed by atoms with Crippen molar-refractivity contribution in [2.24, 2.45) is 11.1 Å². The second kappa shape index (κ2) is 6.32. The molecule has 1 rings (SSSR count). The number of carbonyl (C=O) groups excluding carboxylic acids is 1. The molecule has 100 valence electrons. The highest BCUT2D eigenvalue weighted by atomic mass is 32.2. The van der Waals surface area contributed by atoms with E-state index in [1.54, 1.807) is 0 Å². The van der Waals surface area contributed by atoms with Gasteiger partial charge in [-0.05, 0) is 25.3 Å². The summed E-state index contributed by atoms with van der Waals surface area (Å²) in [5.41, 5.74) is 0. The van der Waals surface area contributed by atoms with E-state index in [-0.39, 0.29) is 24.2 Å². The Morgan fingerprint density at radius 2 is 2.24 bits per heavy atom. The first kappa shape index (κ1) is 14.4. The number of nitrogens with two attached hydrogens (primary N) is 1. The van der Waals surface area contributed by atoms with Crippen LogP contribution >= 0.6 is 0 Å². The Kier molecular flexibility index (Phi) is 5.35. The second-order valence-electron chi connectivity index (χ2n) is 4.60. The predicted octanol–water partition coefficient (Wildman–Crippen LogP) is -0.831. The molecule has 7 heteroatoms. The SMILES string of the molecule is CC1CCCNC1CC(=O)NCCS(N)(=O)=O. The van der Waals surface area contributed by atoms with Gasteiger partial charge < -0.3 is 10.6 Å². The summed E-state index contributed by atoms with van der Waals surface area (Å²) in [7, 11) is -3.49. The number of nitrogens with one attached hydrogen (secondary N) is 2.